The van der Waals surface area contributed by atoms with Gasteiger partial charge in [0.15, 0.2) is 6.61 Å². The van der Waals surface area contributed by atoms with Crippen molar-refractivity contribution >= 4 is 40.1 Å². The second-order valence-corrected chi connectivity index (χ2v) is 6.89. The summed E-state index contributed by atoms with van der Waals surface area (Å²) in [5.41, 5.74) is 1.54. The maximum atomic E-state index is 12.7. The Bertz CT molecular complexity index is 1130. The lowest BCUT2D eigenvalue weighted by Gasteiger charge is -2.22. The molecular formula is C23H20ClN3O4. The van der Waals surface area contributed by atoms with Crippen LogP contribution in [0.5, 0.6) is 5.75 Å². The van der Waals surface area contributed by atoms with E-state index in [9.17, 15) is 9.59 Å². The van der Waals surface area contributed by atoms with Crippen LogP contribution in [0, 0.1) is 11.3 Å². The molecule has 1 heterocycles. The average molecular weight is 438 g/mol. The molecule has 0 aliphatic rings. The van der Waals surface area contributed by atoms with E-state index in [-0.39, 0.29) is 13.0 Å². The first-order valence-electron chi connectivity index (χ1n) is 9.65. The van der Waals surface area contributed by atoms with E-state index in [1.807, 2.05) is 13.0 Å². The van der Waals surface area contributed by atoms with Crippen LogP contribution in [0.15, 0.2) is 54.6 Å². The molecule has 1 amide bonds. The van der Waals surface area contributed by atoms with Crippen molar-refractivity contribution in [3.63, 3.8) is 0 Å². The van der Waals surface area contributed by atoms with Crippen molar-refractivity contribution in [1.29, 1.82) is 5.26 Å². The predicted molar refractivity (Wildman–Crippen MR) is 117 cm³/mol. The zero-order valence-corrected chi connectivity index (χ0v) is 17.6. The number of amides is 1. The second-order valence-electron chi connectivity index (χ2n) is 6.50. The Morgan fingerprint density at radius 1 is 1.13 bits per heavy atom. The van der Waals surface area contributed by atoms with Crippen LogP contribution in [0.25, 0.3) is 10.9 Å². The van der Waals surface area contributed by atoms with Crippen LogP contribution >= 0.6 is 11.6 Å². The third-order valence-electron chi connectivity index (χ3n) is 4.43. The van der Waals surface area contributed by atoms with Gasteiger partial charge in [-0.3, -0.25) is 4.79 Å². The molecule has 0 aliphatic carbocycles. The van der Waals surface area contributed by atoms with Gasteiger partial charge < -0.3 is 14.4 Å². The molecule has 0 aliphatic heterocycles. The molecule has 0 unspecified atom stereocenters. The minimum atomic E-state index is -0.628. The number of fused-ring (bicyclic) bond motifs is 1. The van der Waals surface area contributed by atoms with Crippen LogP contribution in [0.3, 0.4) is 0 Å². The summed E-state index contributed by atoms with van der Waals surface area (Å²) in [5, 5.41) is 10.0. The van der Waals surface area contributed by atoms with E-state index in [0.29, 0.717) is 34.3 Å². The molecule has 2 aromatic carbocycles. The van der Waals surface area contributed by atoms with Gasteiger partial charge in [0.1, 0.15) is 10.9 Å². The number of pyridine rings is 1. The minimum Gasteiger partial charge on any atom is -0.494 e. The highest BCUT2D eigenvalue weighted by Gasteiger charge is 2.18. The maximum absolute atomic E-state index is 12.7. The van der Waals surface area contributed by atoms with Gasteiger partial charge in [-0.15, -0.1) is 0 Å². The fourth-order valence-corrected chi connectivity index (χ4v) is 3.12. The van der Waals surface area contributed by atoms with E-state index in [4.69, 9.17) is 26.3 Å². The zero-order valence-electron chi connectivity index (χ0n) is 16.9. The van der Waals surface area contributed by atoms with Crippen LogP contribution in [0.2, 0.25) is 5.15 Å². The monoisotopic (exact) mass is 437 g/mol. The van der Waals surface area contributed by atoms with Gasteiger partial charge >= 0.3 is 5.97 Å². The highest BCUT2D eigenvalue weighted by atomic mass is 35.5. The molecular weight excluding hydrogens is 418 g/mol. The van der Waals surface area contributed by atoms with Crippen molar-refractivity contribution in [3.8, 4) is 11.8 Å². The first-order chi connectivity index (χ1) is 15.0. The van der Waals surface area contributed by atoms with Crippen molar-refractivity contribution in [2.75, 3.05) is 24.7 Å². The second kappa shape index (κ2) is 10.4. The van der Waals surface area contributed by atoms with Gasteiger partial charge in [-0.05, 0) is 61.5 Å². The molecule has 3 aromatic rings. The molecule has 0 saturated heterocycles. The van der Waals surface area contributed by atoms with E-state index in [1.165, 1.54) is 4.90 Å². The molecule has 0 bridgehead atoms. The number of halogens is 1. The first-order valence-corrected chi connectivity index (χ1v) is 10.0. The Labute approximate surface area is 184 Å². The third kappa shape index (κ3) is 5.71. The van der Waals surface area contributed by atoms with Gasteiger partial charge in [0, 0.05) is 17.6 Å². The summed E-state index contributed by atoms with van der Waals surface area (Å²) >= 11 is 5.87. The summed E-state index contributed by atoms with van der Waals surface area (Å²) in [7, 11) is 0. The number of rotatable bonds is 8. The lowest BCUT2D eigenvalue weighted by atomic mass is 10.1. The number of benzene rings is 2. The topological polar surface area (TPSA) is 92.5 Å². The smallest absolute Gasteiger partial charge is 0.338 e. The molecule has 0 saturated carbocycles. The van der Waals surface area contributed by atoms with Crippen molar-refractivity contribution in [2.45, 2.75) is 13.3 Å². The quantitative estimate of drug-likeness (QED) is 0.383. The van der Waals surface area contributed by atoms with E-state index in [2.05, 4.69) is 4.98 Å². The summed E-state index contributed by atoms with van der Waals surface area (Å²) in [6.45, 7) is 2.15. The highest BCUT2D eigenvalue weighted by molar-refractivity contribution is 6.29. The standard InChI is InChI=1S/C23H20ClN3O4/c1-2-30-19-8-6-18(7-9-19)27(13-3-12-25)22(28)15-31-23(29)17-4-10-20-16(14-17)5-11-21(24)26-20/h4-11,14H,2-3,13,15H2,1H3. The fraction of sp³-hybridized carbons (Fsp3) is 0.217. The average Bonchev–Trinajstić information content (AvgIpc) is 2.78. The van der Waals surface area contributed by atoms with Gasteiger partial charge in [0.2, 0.25) is 0 Å². The lowest BCUT2D eigenvalue weighted by Crippen LogP contribution is -2.35. The van der Waals surface area contributed by atoms with Gasteiger partial charge in [-0.1, -0.05) is 11.6 Å². The Kier molecular flexibility index (Phi) is 7.41. The molecule has 8 heteroatoms. The molecule has 158 valence electrons. The molecule has 0 atom stereocenters. The number of nitriles is 1. The summed E-state index contributed by atoms with van der Waals surface area (Å²) in [4.78, 5) is 30.8. The van der Waals surface area contributed by atoms with Gasteiger partial charge in [0.25, 0.3) is 5.91 Å². The van der Waals surface area contributed by atoms with Crippen molar-refractivity contribution in [3.05, 3.63) is 65.3 Å². The summed E-state index contributed by atoms with van der Waals surface area (Å²) in [5.74, 6) is -0.378. The molecule has 0 radical (unpaired) electrons. The third-order valence-corrected chi connectivity index (χ3v) is 4.64. The number of carbonyl (C=O) groups is 2. The number of carbonyl (C=O) groups excluding carboxylic acids is 2. The molecule has 1 aromatic heterocycles. The number of ether oxygens (including phenoxy) is 2. The fourth-order valence-electron chi connectivity index (χ4n) is 2.96. The zero-order chi connectivity index (χ0) is 22.2. The van der Waals surface area contributed by atoms with Crippen molar-refractivity contribution in [2.24, 2.45) is 0 Å². The summed E-state index contributed by atoms with van der Waals surface area (Å²) in [6.07, 6.45) is 0.146. The molecule has 0 fully saturated rings. The SMILES string of the molecule is CCOc1ccc(N(CCC#N)C(=O)COC(=O)c2ccc3nc(Cl)ccc3c2)cc1. The number of anilines is 1. The van der Waals surface area contributed by atoms with Gasteiger partial charge in [-0.2, -0.15) is 5.26 Å². The van der Waals surface area contributed by atoms with Gasteiger partial charge in [-0.25, -0.2) is 9.78 Å². The van der Waals surface area contributed by atoms with E-state index in [1.54, 1.807) is 54.6 Å². The number of hydrogen-bond donors (Lipinski definition) is 0. The van der Waals surface area contributed by atoms with Crippen LogP contribution < -0.4 is 9.64 Å². The van der Waals surface area contributed by atoms with E-state index in [0.717, 1.165) is 5.39 Å². The number of esters is 1. The van der Waals surface area contributed by atoms with E-state index >= 15 is 0 Å². The van der Waals surface area contributed by atoms with Crippen LogP contribution in [-0.4, -0.2) is 36.6 Å². The Morgan fingerprint density at radius 3 is 2.61 bits per heavy atom. The van der Waals surface area contributed by atoms with Crippen molar-refractivity contribution < 1.29 is 19.1 Å². The molecule has 7 nitrogen and oxygen atoms in total. The van der Waals surface area contributed by atoms with Gasteiger partial charge in [0.05, 0.1) is 30.2 Å². The first kappa shape index (κ1) is 22.1. The molecule has 0 spiro atoms. The Hall–Kier alpha value is -3.63. The van der Waals surface area contributed by atoms with E-state index < -0.39 is 18.5 Å². The summed E-state index contributed by atoms with van der Waals surface area (Å²) < 4.78 is 10.6. The van der Waals surface area contributed by atoms with Crippen LogP contribution in [0.1, 0.15) is 23.7 Å². The Morgan fingerprint density at radius 2 is 1.90 bits per heavy atom. The molecule has 0 N–H and O–H groups in total. The number of aromatic nitrogens is 1. The number of hydrogen-bond acceptors (Lipinski definition) is 6. The predicted octanol–water partition coefficient (Wildman–Crippen LogP) is 4.39. The largest absolute Gasteiger partial charge is 0.494 e. The maximum Gasteiger partial charge on any atom is 0.338 e. The molecule has 31 heavy (non-hydrogen) atoms. The normalized spacial score (nSPS) is 10.4. The highest BCUT2D eigenvalue weighted by Crippen LogP contribution is 2.21. The number of nitrogens with zero attached hydrogens (tertiary/aromatic N) is 3. The van der Waals surface area contributed by atoms with Crippen LogP contribution in [0.4, 0.5) is 5.69 Å². The van der Waals surface area contributed by atoms with Crippen molar-refractivity contribution in [1.82, 2.24) is 4.98 Å². The Balaban J connectivity index is 1.69. The summed E-state index contributed by atoms with van der Waals surface area (Å²) in [6, 6.07) is 17.2. The minimum absolute atomic E-state index is 0.146. The molecule has 3 rings (SSSR count). The lowest BCUT2D eigenvalue weighted by molar-refractivity contribution is -0.121. The van der Waals surface area contributed by atoms with Crippen LogP contribution in [-0.2, 0) is 9.53 Å².